The van der Waals surface area contributed by atoms with Gasteiger partial charge in [0.25, 0.3) is 0 Å². The Kier molecular flexibility index (Phi) is 6.11. The molecule has 3 aromatic rings. The summed E-state index contributed by atoms with van der Waals surface area (Å²) in [5, 5.41) is 20.3. The number of fused-ring (bicyclic) bond motifs is 1. The maximum Gasteiger partial charge on any atom is 0.231 e. The smallest absolute Gasteiger partial charge is 0.231 e. The lowest BCUT2D eigenvalue weighted by atomic mass is 9.93. The highest BCUT2D eigenvalue weighted by atomic mass is 16.3. The zero-order chi connectivity index (χ0) is 22.8. The topological polar surface area (TPSA) is 112 Å². The number of aliphatic hydroxyl groups is 1. The first-order valence-electron chi connectivity index (χ1n) is 11.6. The van der Waals surface area contributed by atoms with Gasteiger partial charge in [0.2, 0.25) is 11.9 Å². The summed E-state index contributed by atoms with van der Waals surface area (Å²) in [6, 6.07) is 15.0. The predicted molar refractivity (Wildman–Crippen MR) is 128 cm³/mol. The molecule has 0 saturated carbocycles. The monoisotopic (exact) mass is 446 g/mol. The molecular weight excluding hydrogens is 416 g/mol. The maximum atomic E-state index is 10.3. The van der Waals surface area contributed by atoms with Crippen molar-refractivity contribution in [2.45, 2.75) is 25.3 Å². The van der Waals surface area contributed by atoms with E-state index in [1.165, 1.54) is 5.56 Å². The summed E-state index contributed by atoms with van der Waals surface area (Å²) in [6.45, 7) is 3.08. The van der Waals surface area contributed by atoms with E-state index >= 15 is 0 Å². The number of benzene rings is 2. The Morgan fingerprint density at radius 1 is 0.939 bits per heavy atom. The van der Waals surface area contributed by atoms with Gasteiger partial charge in [0.05, 0.1) is 12.6 Å². The summed E-state index contributed by atoms with van der Waals surface area (Å²) in [6.07, 6.45) is 2.88. The number of aliphatic hydroxyl groups excluding tert-OH is 1. The number of aromatic hydroxyl groups is 1. The molecule has 0 radical (unpaired) electrons. The second-order valence-electron chi connectivity index (χ2n) is 8.82. The van der Waals surface area contributed by atoms with E-state index in [9.17, 15) is 10.2 Å². The minimum Gasteiger partial charge on any atom is -0.508 e. The fourth-order valence-electron chi connectivity index (χ4n) is 4.85. The summed E-state index contributed by atoms with van der Waals surface area (Å²) >= 11 is 0. The van der Waals surface area contributed by atoms with E-state index in [1.807, 2.05) is 18.2 Å². The van der Waals surface area contributed by atoms with Crippen LogP contribution in [0.15, 0.2) is 48.5 Å². The number of hydrogen-bond acceptors (Lipinski definition) is 8. The highest BCUT2D eigenvalue weighted by Crippen LogP contribution is 2.34. The molecule has 0 spiro atoms. The van der Waals surface area contributed by atoms with Gasteiger partial charge in [0.15, 0.2) is 5.82 Å². The third-order valence-corrected chi connectivity index (χ3v) is 6.79. The van der Waals surface area contributed by atoms with Crippen molar-refractivity contribution in [3.8, 4) is 17.1 Å². The van der Waals surface area contributed by atoms with Crippen LogP contribution in [0.4, 0.5) is 11.9 Å². The normalized spacial score (nSPS) is 18.9. The zero-order valence-corrected chi connectivity index (χ0v) is 18.6. The Labute approximate surface area is 193 Å². The quantitative estimate of drug-likeness (QED) is 0.548. The maximum absolute atomic E-state index is 10.3. The van der Waals surface area contributed by atoms with Crippen molar-refractivity contribution in [2.24, 2.45) is 11.7 Å². The number of hydrogen-bond donors (Lipinski definition) is 3. The predicted octanol–water partition coefficient (Wildman–Crippen LogP) is 2.52. The second-order valence-corrected chi connectivity index (χ2v) is 8.82. The number of phenols is 1. The molecule has 172 valence electrons. The summed E-state index contributed by atoms with van der Waals surface area (Å²) in [5.41, 5.74) is 8.97. The van der Waals surface area contributed by atoms with Gasteiger partial charge >= 0.3 is 0 Å². The number of piperidine rings is 1. The van der Waals surface area contributed by atoms with Crippen molar-refractivity contribution in [2.75, 3.05) is 42.6 Å². The SMILES string of the molecule is NCC1CCN(c2nc(-c3cccc(O)c3)nc(N3CCc4ccccc4C3CO)n2)CC1. The Balaban J connectivity index is 1.56. The molecule has 2 aliphatic heterocycles. The van der Waals surface area contributed by atoms with Crippen LogP contribution < -0.4 is 15.5 Å². The summed E-state index contributed by atoms with van der Waals surface area (Å²) in [4.78, 5) is 18.7. The van der Waals surface area contributed by atoms with E-state index < -0.39 is 0 Å². The molecule has 0 bridgehead atoms. The van der Waals surface area contributed by atoms with Crippen LogP contribution in [0, 0.1) is 5.92 Å². The molecule has 8 heteroatoms. The van der Waals surface area contributed by atoms with Crippen molar-refractivity contribution in [3.63, 3.8) is 0 Å². The number of nitrogens with zero attached hydrogens (tertiary/aromatic N) is 5. The van der Waals surface area contributed by atoms with Gasteiger partial charge in [-0.25, -0.2) is 0 Å². The number of nitrogens with two attached hydrogens (primary N) is 1. The molecule has 4 N–H and O–H groups in total. The molecule has 1 aromatic heterocycles. The van der Waals surface area contributed by atoms with E-state index in [2.05, 4.69) is 21.9 Å². The molecule has 1 saturated heterocycles. The molecule has 0 aliphatic carbocycles. The first-order valence-corrected chi connectivity index (χ1v) is 11.6. The molecule has 0 amide bonds. The van der Waals surface area contributed by atoms with Gasteiger partial charge in [-0.3, -0.25) is 0 Å². The van der Waals surface area contributed by atoms with Gasteiger partial charge in [0.1, 0.15) is 5.75 Å². The lowest BCUT2D eigenvalue weighted by Gasteiger charge is -2.37. The molecule has 33 heavy (non-hydrogen) atoms. The highest BCUT2D eigenvalue weighted by Gasteiger charge is 2.30. The minimum absolute atomic E-state index is 0.0264. The van der Waals surface area contributed by atoms with E-state index in [1.54, 1.807) is 18.2 Å². The Morgan fingerprint density at radius 2 is 1.73 bits per heavy atom. The molecule has 3 heterocycles. The van der Waals surface area contributed by atoms with Crippen LogP contribution >= 0.6 is 0 Å². The van der Waals surface area contributed by atoms with Gasteiger partial charge in [-0.15, -0.1) is 0 Å². The first kappa shape index (κ1) is 21.6. The molecule has 5 rings (SSSR count). The zero-order valence-electron chi connectivity index (χ0n) is 18.6. The van der Waals surface area contributed by atoms with Gasteiger partial charge in [-0.1, -0.05) is 36.4 Å². The van der Waals surface area contributed by atoms with Crippen molar-refractivity contribution < 1.29 is 10.2 Å². The standard InChI is InChI=1S/C25H30N6O2/c26-15-17-8-11-30(12-9-17)24-27-23(19-5-3-6-20(33)14-19)28-25(29-24)31-13-10-18-4-1-2-7-21(18)22(31)16-32/h1-7,14,17,22,32-33H,8-13,15-16,26H2. The van der Waals surface area contributed by atoms with E-state index in [0.717, 1.165) is 43.5 Å². The number of aromatic nitrogens is 3. The third kappa shape index (κ3) is 4.36. The number of phenolic OH excluding ortho intramolecular Hbond substituents is 1. The van der Waals surface area contributed by atoms with Crippen molar-refractivity contribution >= 4 is 11.9 Å². The van der Waals surface area contributed by atoms with Crippen molar-refractivity contribution in [1.29, 1.82) is 0 Å². The summed E-state index contributed by atoms with van der Waals surface area (Å²) < 4.78 is 0. The van der Waals surface area contributed by atoms with E-state index in [4.69, 9.17) is 20.7 Å². The molecule has 2 aliphatic rings. The number of anilines is 2. The number of rotatable bonds is 5. The van der Waals surface area contributed by atoms with Crippen LogP contribution in [0.1, 0.15) is 30.0 Å². The van der Waals surface area contributed by atoms with Crippen molar-refractivity contribution in [3.05, 3.63) is 59.7 Å². The molecule has 1 fully saturated rings. The van der Waals surface area contributed by atoms with Crippen LogP contribution in [0.5, 0.6) is 5.75 Å². The Bertz CT molecular complexity index is 1120. The van der Waals surface area contributed by atoms with Gasteiger partial charge < -0.3 is 25.7 Å². The van der Waals surface area contributed by atoms with Crippen LogP contribution in [-0.4, -0.2) is 58.0 Å². The third-order valence-electron chi connectivity index (χ3n) is 6.79. The molecule has 2 aromatic carbocycles. The van der Waals surface area contributed by atoms with Crippen molar-refractivity contribution in [1.82, 2.24) is 15.0 Å². The largest absolute Gasteiger partial charge is 0.508 e. The van der Waals surface area contributed by atoms with Crippen LogP contribution in [0.25, 0.3) is 11.4 Å². The van der Waals surface area contributed by atoms with E-state index in [-0.39, 0.29) is 18.4 Å². The highest BCUT2D eigenvalue weighted by molar-refractivity contribution is 5.61. The summed E-state index contributed by atoms with van der Waals surface area (Å²) in [5.74, 6) is 2.39. The molecule has 1 atom stereocenters. The molecule has 8 nitrogen and oxygen atoms in total. The van der Waals surface area contributed by atoms with Crippen LogP contribution in [0.3, 0.4) is 0 Å². The van der Waals surface area contributed by atoms with Gasteiger partial charge in [-0.05, 0) is 55.0 Å². The lowest BCUT2D eigenvalue weighted by molar-refractivity contribution is 0.256. The average molecular weight is 447 g/mol. The van der Waals surface area contributed by atoms with Crippen LogP contribution in [0.2, 0.25) is 0 Å². The minimum atomic E-state index is -0.217. The Morgan fingerprint density at radius 3 is 2.48 bits per heavy atom. The fourth-order valence-corrected chi connectivity index (χ4v) is 4.85. The van der Waals surface area contributed by atoms with Gasteiger partial charge in [-0.2, -0.15) is 15.0 Å². The fraction of sp³-hybridized carbons (Fsp3) is 0.400. The van der Waals surface area contributed by atoms with Gasteiger partial charge in [0, 0.05) is 25.2 Å². The lowest BCUT2D eigenvalue weighted by Crippen LogP contribution is -2.40. The average Bonchev–Trinajstić information content (AvgIpc) is 2.87. The van der Waals surface area contributed by atoms with E-state index in [0.29, 0.717) is 36.7 Å². The molecule has 1 unspecified atom stereocenters. The second kappa shape index (κ2) is 9.33. The first-order chi connectivity index (χ1) is 16.2. The molecular formula is C25H30N6O2. The Hall–Kier alpha value is -3.23. The summed E-state index contributed by atoms with van der Waals surface area (Å²) in [7, 11) is 0. The van der Waals surface area contributed by atoms with Crippen LogP contribution in [-0.2, 0) is 6.42 Å².